The Labute approximate surface area is 193 Å². The van der Waals surface area contributed by atoms with Crippen LogP contribution >= 0.6 is 0 Å². The average Bonchev–Trinajstić information content (AvgIpc) is 2.84. The number of rotatable bonds is 5. The second-order valence-corrected chi connectivity index (χ2v) is 8.41. The van der Waals surface area contributed by atoms with E-state index in [4.69, 9.17) is 4.98 Å². The number of aromatic nitrogens is 2. The maximum absolute atomic E-state index is 13.4. The maximum atomic E-state index is 13.4. The first-order chi connectivity index (χ1) is 16.0. The largest absolute Gasteiger partial charge is 0.356 e. The Balaban J connectivity index is 1.71. The van der Waals surface area contributed by atoms with Crippen LogP contribution < -0.4 is 15.8 Å². The van der Waals surface area contributed by atoms with Crippen LogP contribution in [-0.2, 0) is 11.2 Å². The zero-order chi connectivity index (χ0) is 23.4. The van der Waals surface area contributed by atoms with E-state index in [2.05, 4.69) is 34.5 Å². The average molecular weight is 442 g/mol. The summed E-state index contributed by atoms with van der Waals surface area (Å²) in [7, 11) is 1.46. The first-order valence-corrected chi connectivity index (χ1v) is 11.2. The Morgan fingerprint density at radius 3 is 2.61 bits per heavy atom. The molecule has 1 N–H and O–H groups in total. The van der Waals surface area contributed by atoms with Crippen LogP contribution in [0.1, 0.15) is 29.5 Å². The van der Waals surface area contributed by atoms with Gasteiger partial charge in [0, 0.05) is 26.3 Å². The van der Waals surface area contributed by atoms with Crippen molar-refractivity contribution in [1.29, 1.82) is 5.26 Å². The fourth-order valence-electron chi connectivity index (χ4n) is 4.39. The van der Waals surface area contributed by atoms with Gasteiger partial charge in [0.1, 0.15) is 23.1 Å². The molecule has 7 heteroatoms. The number of aryl methyl sites for hydroxylation is 1. The third-order valence-electron chi connectivity index (χ3n) is 6.23. The minimum Gasteiger partial charge on any atom is -0.356 e. The van der Waals surface area contributed by atoms with Gasteiger partial charge in [0.2, 0.25) is 0 Å². The number of carbonyl (C=O) groups is 1. The number of nitrogens with zero attached hydrogens (tertiary/aromatic N) is 4. The molecule has 1 aromatic carbocycles. The van der Waals surface area contributed by atoms with E-state index in [1.165, 1.54) is 23.1 Å². The molecular formula is C26H27N5O2. The third-order valence-corrected chi connectivity index (χ3v) is 6.23. The molecule has 3 aromatic rings. The van der Waals surface area contributed by atoms with Gasteiger partial charge in [-0.25, -0.2) is 4.98 Å². The van der Waals surface area contributed by atoms with Crippen molar-refractivity contribution in [2.24, 2.45) is 5.92 Å². The second kappa shape index (κ2) is 9.70. The third kappa shape index (κ3) is 4.65. The Hall–Kier alpha value is -3.92. The zero-order valence-corrected chi connectivity index (χ0v) is 18.9. The van der Waals surface area contributed by atoms with Crippen molar-refractivity contribution in [3.8, 4) is 6.07 Å². The molecule has 1 aliphatic rings. The number of nitriles is 1. The van der Waals surface area contributed by atoms with Crippen LogP contribution in [0.15, 0.2) is 59.0 Å². The highest BCUT2D eigenvalue weighted by Gasteiger charge is 2.25. The molecule has 7 nitrogen and oxygen atoms in total. The van der Waals surface area contributed by atoms with Crippen LogP contribution in [0, 0.1) is 24.2 Å². The van der Waals surface area contributed by atoms with Crippen LogP contribution in [0.2, 0.25) is 0 Å². The number of piperidine rings is 1. The molecule has 0 unspecified atom stereocenters. The lowest BCUT2D eigenvalue weighted by Crippen LogP contribution is -2.37. The Kier molecular flexibility index (Phi) is 6.55. The normalized spacial score (nSPS) is 14.8. The maximum Gasteiger partial charge on any atom is 0.267 e. The molecule has 33 heavy (non-hydrogen) atoms. The van der Waals surface area contributed by atoms with Crippen molar-refractivity contribution in [2.45, 2.75) is 26.2 Å². The van der Waals surface area contributed by atoms with Crippen molar-refractivity contribution in [1.82, 2.24) is 14.7 Å². The summed E-state index contributed by atoms with van der Waals surface area (Å²) in [5, 5.41) is 11.9. The number of fused-ring (bicyclic) bond motifs is 1. The lowest BCUT2D eigenvalue weighted by Gasteiger charge is -2.33. The van der Waals surface area contributed by atoms with E-state index in [0.29, 0.717) is 17.4 Å². The molecule has 4 rings (SSSR count). The summed E-state index contributed by atoms with van der Waals surface area (Å²) in [5.41, 5.74) is 2.66. The van der Waals surface area contributed by atoms with Crippen molar-refractivity contribution in [3.05, 3.63) is 81.3 Å². The summed E-state index contributed by atoms with van der Waals surface area (Å²) in [6, 6.07) is 16.1. The van der Waals surface area contributed by atoms with Crippen LogP contribution in [0.25, 0.3) is 11.7 Å². The van der Waals surface area contributed by atoms with Gasteiger partial charge in [-0.1, -0.05) is 36.4 Å². The number of carbonyl (C=O) groups excluding carboxylic acids is 1. The monoisotopic (exact) mass is 441 g/mol. The van der Waals surface area contributed by atoms with Crippen LogP contribution in [0.3, 0.4) is 0 Å². The number of anilines is 1. The highest BCUT2D eigenvalue weighted by Crippen LogP contribution is 2.27. The summed E-state index contributed by atoms with van der Waals surface area (Å²) in [6.07, 6.45) is 6.02. The fourth-order valence-corrected chi connectivity index (χ4v) is 4.39. The van der Waals surface area contributed by atoms with Crippen LogP contribution in [0.5, 0.6) is 0 Å². The molecule has 0 radical (unpaired) electrons. The molecule has 0 saturated carbocycles. The predicted octanol–water partition coefficient (Wildman–Crippen LogP) is 3.12. The van der Waals surface area contributed by atoms with Gasteiger partial charge < -0.3 is 10.2 Å². The van der Waals surface area contributed by atoms with Crippen LogP contribution in [-0.4, -0.2) is 35.4 Å². The van der Waals surface area contributed by atoms with Crippen molar-refractivity contribution >= 4 is 23.4 Å². The summed E-state index contributed by atoms with van der Waals surface area (Å²) >= 11 is 0. The summed E-state index contributed by atoms with van der Waals surface area (Å²) in [5.74, 6) is 0.564. The van der Waals surface area contributed by atoms with Gasteiger partial charge in [-0.05, 0) is 55.4 Å². The lowest BCUT2D eigenvalue weighted by atomic mass is 9.90. The van der Waals surface area contributed by atoms with Crippen molar-refractivity contribution < 1.29 is 4.79 Å². The number of nitrogens with one attached hydrogen (secondary N) is 1. The zero-order valence-electron chi connectivity index (χ0n) is 18.9. The van der Waals surface area contributed by atoms with E-state index in [1.54, 1.807) is 12.3 Å². The smallest absolute Gasteiger partial charge is 0.267 e. The van der Waals surface area contributed by atoms with E-state index in [1.807, 2.05) is 25.1 Å². The van der Waals surface area contributed by atoms with E-state index in [0.717, 1.165) is 37.9 Å². The molecule has 0 atom stereocenters. The van der Waals surface area contributed by atoms with Gasteiger partial charge in [0.25, 0.3) is 11.5 Å². The molecule has 3 heterocycles. The molecule has 1 amide bonds. The second-order valence-electron chi connectivity index (χ2n) is 8.41. The molecule has 0 spiro atoms. The van der Waals surface area contributed by atoms with Crippen molar-refractivity contribution in [2.75, 3.05) is 25.0 Å². The van der Waals surface area contributed by atoms with Gasteiger partial charge in [0.15, 0.2) is 0 Å². The van der Waals surface area contributed by atoms with Gasteiger partial charge in [0.05, 0.1) is 5.56 Å². The first-order valence-electron chi connectivity index (χ1n) is 11.2. The van der Waals surface area contributed by atoms with Crippen LogP contribution in [0.4, 0.5) is 5.82 Å². The molecule has 1 fully saturated rings. The predicted molar refractivity (Wildman–Crippen MR) is 129 cm³/mol. The fraction of sp³-hybridized carbons (Fsp3) is 0.308. The SMILES string of the molecule is CNC(=O)/C(C#N)=C/c1c(N2CCC(Cc3ccccc3)CC2)nc2c(C)cccn2c1=O. The van der Waals surface area contributed by atoms with E-state index >= 15 is 0 Å². The van der Waals surface area contributed by atoms with E-state index in [9.17, 15) is 14.9 Å². The lowest BCUT2D eigenvalue weighted by molar-refractivity contribution is -0.116. The Morgan fingerprint density at radius 2 is 1.94 bits per heavy atom. The van der Waals surface area contributed by atoms with E-state index < -0.39 is 5.91 Å². The van der Waals surface area contributed by atoms with Gasteiger partial charge in [-0.3, -0.25) is 14.0 Å². The van der Waals surface area contributed by atoms with Gasteiger partial charge >= 0.3 is 0 Å². The highest BCUT2D eigenvalue weighted by molar-refractivity contribution is 6.02. The molecule has 1 aliphatic heterocycles. The number of benzene rings is 1. The summed E-state index contributed by atoms with van der Waals surface area (Å²) < 4.78 is 1.48. The van der Waals surface area contributed by atoms with Crippen molar-refractivity contribution in [3.63, 3.8) is 0 Å². The highest BCUT2D eigenvalue weighted by atomic mass is 16.1. The first kappa shape index (κ1) is 22.3. The standard InChI is InChI=1S/C26H27N5O2/c1-18-7-6-12-31-23(18)29-24(22(26(31)33)16-21(17-27)25(32)28-2)30-13-10-20(11-14-30)15-19-8-4-3-5-9-19/h3-9,12,16,20H,10-11,13-15H2,1-2H3,(H,28,32)/b21-16+. The Bertz CT molecular complexity index is 1300. The molecular weight excluding hydrogens is 414 g/mol. The molecule has 2 aromatic heterocycles. The number of likely N-dealkylation sites (N-methyl/N-ethyl adjacent to an activating group) is 1. The van der Waals surface area contributed by atoms with E-state index in [-0.39, 0.29) is 16.7 Å². The number of amides is 1. The number of pyridine rings is 1. The molecule has 0 aliphatic carbocycles. The number of hydrogen-bond acceptors (Lipinski definition) is 5. The quantitative estimate of drug-likeness (QED) is 0.485. The molecule has 1 saturated heterocycles. The topological polar surface area (TPSA) is 90.5 Å². The van der Waals surface area contributed by atoms with Gasteiger partial charge in [-0.2, -0.15) is 5.26 Å². The molecule has 0 bridgehead atoms. The minimum absolute atomic E-state index is 0.121. The molecule has 168 valence electrons. The van der Waals surface area contributed by atoms with Gasteiger partial charge in [-0.15, -0.1) is 0 Å². The summed E-state index contributed by atoms with van der Waals surface area (Å²) in [6.45, 7) is 3.43. The number of hydrogen-bond donors (Lipinski definition) is 1. The minimum atomic E-state index is -0.529. The Morgan fingerprint density at radius 1 is 1.21 bits per heavy atom. The summed E-state index contributed by atoms with van der Waals surface area (Å²) in [4.78, 5) is 32.5.